The van der Waals surface area contributed by atoms with Crippen molar-refractivity contribution in [2.24, 2.45) is 0 Å². The molecule has 7 heteroatoms. The molecule has 0 bridgehead atoms. The minimum Gasteiger partial charge on any atom is -0.481 e. The van der Waals surface area contributed by atoms with Gasteiger partial charge in [0.25, 0.3) is 0 Å². The van der Waals surface area contributed by atoms with Crippen LogP contribution in [0.25, 0.3) is 0 Å². The summed E-state index contributed by atoms with van der Waals surface area (Å²) in [5, 5.41) is 0. The molecule has 2 unspecified atom stereocenters. The molecule has 2 aliphatic heterocycles. The molecular weight excluding hydrogens is 306 g/mol. The minimum atomic E-state index is 0.338. The van der Waals surface area contributed by atoms with E-state index >= 15 is 0 Å². The smallest absolute Gasteiger partial charge is 0.220 e. The van der Waals surface area contributed by atoms with Crippen molar-refractivity contribution in [2.45, 2.75) is 25.6 Å². The maximum absolute atomic E-state index is 5.91. The SMILES string of the molecule is COc1ncncc1CN1CCN(CC2CN(C)CCO2)CC1C. The van der Waals surface area contributed by atoms with Crippen LogP contribution in [0.15, 0.2) is 12.5 Å². The predicted molar refractivity (Wildman–Crippen MR) is 92.1 cm³/mol. The predicted octanol–water partition coefficient (Wildman–Crippen LogP) is 0.322. The zero-order chi connectivity index (χ0) is 16.9. The minimum absolute atomic E-state index is 0.338. The van der Waals surface area contributed by atoms with E-state index in [2.05, 4.69) is 38.6 Å². The first-order chi connectivity index (χ1) is 11.7. The maximum atomic E-state index is 5.91. The number of rotatable bonds is 5. The van der Waals surface area contributed by atoms with E-state index in [1.807, 2.05) is 6.20 Å². The normalized spacial score (nSPS) is 27.3. The summed E-state index contributed by atoms with van der Waals surface area (Å²) in [4.78, 5) is 15.7. The van der Waals surface area contributed by atoms with E-state index in [0.29, 0.717) is 18.0 Å². The summed E-state index contributed by atoms with van der Waals surface area (Å²) in [7, 11) is 3.83. The van der Waals surface area contributed by atoms with Crippen molar-refractivity contribution in [2.75, 3.05) is 60.0 Å². The molecule has 0 amide bonds. The van der Waals surface area contributed by atoms with E-state index in [0.717, 1.165) is 58.0 Å². The summed E-state index contributed by atoms with van der Waals surface area (Å²) < 4.78 is 11.3. The molecular formula is C17H29N5O2. The van der Waals surface area contributed by atoms with Crippen LogP contribution in [-0.4, -0.2) is 96.8 Å². The van der Waals surface area contributed by atoms with E-state index in [1.165, 1.54) is 6.33 Å². The number of likely N-dealkylation sites (N-methyl/N-ethyl adjacent to an activating group) is 1. The highest BCUT2D eigenvalue weighted by molar-refractivity contribution is 5.22. The van der Waals surface area contributed by atoms with Gasteiger partial charge in [0.15, 0.2) is 0 Å². The van der Waals surface area contributed by atoms with Crippen molar-refractivity contribution in [1.82, 2.24) is 24.7 Å². The maximum Gasteiger partial charge on any atom is 0.220 e. The monoisotopic (exact) mass is 335 g/mol. The summed E-state index contributed by atoms with van der Waals surface area (Å²) >= 11 is 0. The molecule has 24 heavy (non-hydrogen) atoms. The van der Waals surface area contributed by atoms with E-state index in [1.54, 1.807) is 7.11 Å². The Hall–Kier alpha value is -1.28. The molecule has 1 aromatic rings. The van der Waals surface area contributed by atoms with Gasteiger partial charge in [-0.2, -0.15) is 0 Å². The summed E-state index contributed by atoms with van der Waals surface area (Å²) in [6.07, 6.45) is 3.73. The van der Waals surface area contributed by atoms with Crippen molar-refractivity contribution in [3.63, 3.8) is 0 Å². The van der Waals surface area contributed by atoms with Gasteiger partial charge in [-0.05, 0) is 14.0 Å². The van der Waals surface area contributed by atoms with Gasteiger partial charge in [0.1, 0.15) is 6.33 Å². The topological polar surface area (TPSA) is 54.0 Å². The van der Waals surface area contributed by atoms with Crippen LogP contribution in [0.4, 0.5) is 0 Å². The van der Waals surface area contributed by atoms with Crippen LogP contribution in [0.3, 0.4) is 0 Å². The van der Waals surface area contributed by atoms with Crippen LogP contribution in [0, 0.1) is 0 Å². The molecule has 0 N–H and O–H groups in total. The average molecular weight is 335 g/mol. The van der Waals surface area contributed by atoms with Crippen LogP contribution in [-0.2, 0) is 11.3 Å². The average Bonchev–Trinajstić information content (AvgIpc) is 2.58. The molecule has 0 spiro atoms. The molecule has 3 heterocycles. The number of morpholine rings is 1. The third-order valence-corrected chi connectivity index (χ3v) is 4.97. The van der Waals surface area contributed by atoms with E-state index in [9.17, 15) is 0 Å². The van der Waals surface area contributed by atoms with Gasteiger partial charge in [-0.25, -0.2) is 9.97 Å². The first-order valence-corrected chi connectivity index (χ1v) is 8.75. The van der Waals surface area contributed by atoms with E-state index < -0.39 is 0 Å². The van der Waals surface area contributed by atoms with Crippen LogP contribution >= 0.6 is 0 Å². The molecule has 2 atom stereocenters. The lowest BCUT2D eigenvalue weighted by atomic mass is 10.1. The number of piperazine rings is 1. The molecule has 2 fully saturated rings. The van der Waals surface area contributed by atoms with Gasteiger partial charge in [-0.15, -0.1) is 0 Å². The molecule has 2 saturated heterocycles. The lowest BCUT2D eigenvalue weighted by molar-refractivity contribution is -0.0459. The fourth-order valence-corrected chi connectivity index (χ4v) is 3.59. The second kappa shape index (κ2) is 8.20. The molecule has 3 rings (SSSR count). The van der Waals surface area contributed by atoms with Crippen molar-refractivity contribution < 1.29 is 9.47 Å². The highest BCUT2D eigenvalue weighted by Gasteiger charge is 2.27. The molecule has 0 aliphatic carbocycles. The Morgan fingerprint density at radius 1 is 1.29 bits per heavy atom. The van der Waals surface area contributed by atoms with Gasteiger partial charge in [0.2, 0.25) is 5.88 Å². The Morgan fingerprint density at radius 2 is 2.17 bits per heavy atom. The summed E-state index contributed by atoms with van der Waals surface area (Å²) in [6, 6.07) is 0.491. The van der Waals surface area contributed by atoms with Gasteiger partial charge in [0.05, 0.1) is 19.8 Å². The standard InChI is InChI=1S/C17H29N5O2/c1-14-9-21(12-16-11-20(2)6-7-24-16)4-5-22(14)10-15-8-18-13-19-17(15)23-3/h8,13-14,16H,4-7,9-12H2,1-3H3. The van der Waals surface area contributed by atoms with Gasteiger partial charge in [0, 0.05) is 63.6 Å². The molecule has 7 nitrogen and oxygen atoms in total. The summed E-state index contributed by atoms with van der Waals surface area (Å²) in [5.74, 6) is 0.679. The van der Waals surface area contributed by atoms with Crippen molar-refractivity contribution in [3.05, 3.63) is 18.1 Å². The highest BCUT2D eigenvalue weighted by atomic mass is 16.5. The molecule has 2 aliphatic rings. The van der Waals surface area contributed by atoms with E-state index in [4.69, 9.17) is 9.47 Å². The van der Waals surface area contributed by atoms with Crippen LogP contribution in [0.2, 0.25) is 0 Å². The summed E-state index contributed by atoms with van der Waals surface area (Å²) in [6.45, 7) is 10.3. The van der Waals surface area contributed by atoms with Gasteiger partial charge >= 0.3 is 0 Å². The lowest BCUT2D eigenvalue weighted by Gasteiger charge is -2.42. The molecule has 134 valence electrons. The summed E-state index contributed by atoms with van der Waals surface area (Å²) in [5.41, 5.74) is 1.05. The van der Waals surface area contributed by atoms with Crippen molar-refractivity contribution in [3.8, 4) is 5.88 Å². The van der Waals surface area contributed by atoms with Gasteiger partial charge < -0.3 is 14.4 Å². The Bertz CT molecular complexity index is 529. The fraction of sp³-hybridized carbons (Fsp3) is 0.765. The quantitative estimate of drug-likeness (QED) is 0.768. The highest BCUT2D eigenvalue weighted by Crippen LogP contribution is 2.19. The lowest BCUT2D eigenvalue weighted by Crippen LogP contribution is -2.55. The molecule has 1 aromatic heterocycles. The van der Waals surface area contributed by atoms with Crippen LogP contribution < -0.4 is 4.74 Å². The Balaban J connectivity index is 1.51. The zero-order valence-corrected chi connectivity index (χ0v) is 15.0. The molecule has 0 aromatic carbocycles. The number of methoxy groups -OCH3 is 1. The first kappa shape index (κ1) is 17.5. The zero-order valence-electron chi connectivity index (χ0n) is 15.0. The van der Waals surface area contributed by atoms with Gasteiger partial charge in [-0.3, -0.25) is 9.80 Å². The first-order valence-electron chi connectivity index (χ1n) is 8.75. The number of nitrogens with zero attached hydrogens (tertiary/aromatic N) is 5. The fourth-order valence-electron chi connectivity index (χ4n) is 3.59. The number of hydrogen-bond acceptors (Lipinski definition) is 7. The molecule has 0 radical (unpaired) electrons. The largest absolute Gasteiger partial charge is 0.481 e. The molecule has 0 saturated carbocycles. The third kappa shape index (κ3) is 4.42. The number of hydrogen-bond donors (Lipinski definition) is 0. The van der Waals surface area contributed by atoms with Gasteiger partial charge in [-0.1, -0.05) is 0 Å². The number of ether oxygens (including phenoxy) is 2. The second-order valence-electron chi connectivity index (χ2n) is 6.89. The third-order valence-electron chi connectivity index (χ3n) is 4.97. The second-order valence-corrected chi connectivity index (χ2v) is 6.89. The van der Waals surface area contributed by atoms with Crippen LogP contribution in [0.5, 0.6) is 5.88 Å². The van der Waals surface area contributed by atoms with Crippen LogP contribution in [0.1, 0.15) is 12.5 Å². The van der Waals surface area contributed by atoms with E-state index in [-0.39, 0.29) is 0 Å². The Kier molecular flexibility index (Phi) is 5.99. The van der Waals surface area contributed by atoms with Crippen molar-refractivity contribution in [1.29, 1.82) is 0 Å². The Morgan fingerprint density at radius 3 is 2.92 bits per heavy atom. The number of aromatic nitrogens is 2. The Labute approximate surface area is 144 Å². The van der Waals surface area contributed by atoms with Crippen molar-refractivity contribution >= 4 is 0 Å².